The molecule has 0 fully saturated rings. The third-order valence-electron chi connectivity index (χ3n) is 7.24. The molecule has 0 aliphatic heterocycles. The Morgan fingerprint density at radius 3 is 2.07 bits per heavy atom. The maximum absolute atomic E-state index is 14.5. The molecule has 0 unspecified atom stereocenters. The van der Waals surface area contributed by atoms with Gasteiger partial charge in [0, 0.05) is 29.6 Å². The van der Waals surface area contributed by atoms with E-state index in [1.54, 1.807) is 60.7 Å². The third-order valence-corrected chi connectivity index (χ3v) is 9.62. The highest BCUT2D eigenvalue weighted by atomic mass is 35.5. The second-order valence-electron chi connectivity index (χ2n) is 11.3. The van der Waals surface area contributed by atoms with Gasteiger partial charge in [-0.05, 0) is 60.4 Å². The summed E-state index contributed by atoms with van der Waals surface area (Å²) in [5.41, 5.74) is 2.63. The van der Waals surface area contributed by atoms with E-state index in [-0.39, 0.29) is 29.7 Å². The van der Waals surface area contributed by atoms with E-state index in [0.29, 0.717) is 27.8 Å². The van der Waals surface area contributed by atoms with Crippen LogP contribution in [-0.4, -0.2) is 44.3 Å². The molecule has 1 atom stereocenters. The number of anilines is 1. The fourth-order valence-corrected chi connectivity index (χ4v) is 6.65. The Morgan fingerprint density at radius 1 is 0.844 bits per heavy atom. The molecule has 0 aromatic heterocycles. The number of rotatable bonds is 13. The molecule has 0 bridgehead atoms. The van der Waals surface area contributed by atoms with E-state index < -0.39 is 28.5 Å². The molecule has 2 amide bonds. The Morgan fingerprint density at radius 2 is 1.47 bits per heavy atom. The van der Waals surface area contributed by atoms with Crippen LogP contribution < -0.4 is 9.62 Å². The summed E-state index contributed by atoms with van der Waals surface area (Å²) in [4.78, 5) is 29.8. The lowest BCUT2D eigenvalue weighted by atomic mass is 10.0. The number of hydrogen-bond donors (Lipinski definition) is 1. The van der Waals surface area contributed by atoms with Crippen molar-refractivity contribution >= 4 is 50.7 Å². The summed E-state index contributed by atoms with van der Waals surface area (Å²) in [6, 6.07) is 28.3. The average molecular weight is 667 g/mol. The number of aryl methyl sites for hydroxylation is 1. The molecule has 4 aromatic carbocycles. The Kier molecular flexibility index (Phi) is 11.7. The largest absolute Gasteiger partial charge is 0.354 e. The number of benzene rings is 4. The summed E-state index contributed by atoms with van der Waals surface area (Å²) < 4.78 is 29.2. The van der Waals surface area contributed by atoms with Crippen LogP contribution in [0.4, 0.5) is 5.69 Å². The Bertz CT molecular complexity index is 1700. The van der Waals surface area contributed by atoms with Gasteiger partial charge in [-0.1, -0.05) is 109 Å². The molecule has 0 saturated carbocycles. The first-order valence-electron chi connectivity index (χ1n) is 14.6. The van der Waals surface area contributed by atoms with Gasteiger partial charge in [-0.2, -0.15) is 0 Å². The van der Waals surface area contributed by atoms with Gasteiger partial charge in [0.25, 0.3) is 10.0 Å². The highest BCUT2D eigenvalue weighted by Gasteiger charge is 2.35. The minimum Gasteiger partial charge on any atom is -0.354 e. The van der Waals surface area contributed by atoms with Gasteiger partial charge in [-0.25, -0.2) is 8.42 Å². The van der Waals surface area contributed by atoms with Crippen LogP contribution in [0.3, 0.4) is 0 Å². The highest BCUT2D eigenvalue weighted by Crippen LogP contribution is 2.27. The van der Waals surface area contributed by atoms with Gasteiger partial charge in [0.1, 0.15) is 12.6 Å². The van der Waals surface area contributed by atoms with Crippen LogP contribution in [0.25, 0.3) is 0 Å². The van der Waals surface area contributed by atoms with Crippen LogP contribution in [-0.2, 0) is 32.6 Å². The number of carbonyl (C=O) groups is 2. The predicted molar refractivity (Wildman–Crippen MR) is 181 cm³/mol. The molecule has 0 spiro atoms. The molecular formula is C35H37Cl2N3O4S. The highest BCUT2D eigenvalue weighted by molar-refractivity contribution is 7.92. The van der Waals surface area contributed by atoms with E-state index in [4.69, 9.17) is 23.2 Å². The van der Waals surface area contributed by atoms with E-state index in [0.717, 1.165) is 15.4 Å². The second kappa shape index (κ2) is 15.4. The number of carbonyl (C=O) groups excluding carboxylic acids is 2. The lowest BCUT2D eigenvalue weighted by Gasteiger charge is -2.34. The summed E-state index contributed by atoms with van der Waals surface area (Å²) in [7, 11) is -4.17. The maximum atomic E-state index is 14.5. The van der Waals surface area contributed by atoms with Gasteiger partial charge < -0.3 is 10.2 Å². The van der Waals surface area contributed by atoms with E-state index >= 15 is 0 Å². The van der Waals surface area contributed by atoms with Crippen molar-refractivity contribution in [3.05, 3.63) is 130 Å². The summed E-state index contributed by atoms with van der Waals surface area (Å²) in [6.07, 6.45) is 0.206. The molecule has 45 heavy (non-hydrogen) atoms. The number of nitrogens with one attached hydrogen (secondary N) is 1. The molecule has 0 radical (unpaired) electrons. The first-order valence-corrected chi connectivity index (χ1v) is 16.8. The monoisotopic (exact) mass is 665 g/mol. The number of sulfonamides is 1. The normalized spacial score (nSPS) is 12.0. The van der Waals surface area contributed by atoms with Crippen LogP contribution in [0.1, 0.15) is 30.5 Å². The van der Waals surface area contributed by atoms with Gasteiger partial charge >= 0.3 is 0 Å². The fourth-order valence-electron chi connectivity index (χ4n) is 4.77. The molecular weight excluding hydrogens is 629 g/mol. The Balaban J connectivity index is 1.80. The first kappa shape index (κ1) is 34.0. The van der Waals surface area contributed by atoms with Crippen molar-refractivity contribution in [2.75, 3.05) is 17.4 Å². The molecule has 0 aliphatic carbocycles. The number of amides is 2. The van der Waals surface area contributed by atoms with E-state index in [1.807, 2.05) is 51.1 Å². The van der Waals surface area contributed by atoms with E-state index in [9.17, 15) is 18.0 Å². The Labute approximate surface area is 275 Å². The number of hydrogen-bond acceptors (Lipinski definition) is 4. The second-order valence-corrected chi connectivity index (χ2v) is 14.0. The van der Waals surface area contributed by atoms with Crippen molar-refractivity contribution in [2.45, 2.75) is 44.7 Å². The molecule has 7 nitrogen and oxygen atoms in total. The zero-order chi connectivity index (χ0) is 32.6. The quantitative estimate of drug-likeness (QED) is 0.168. The maximum Gasteiger partial charge on any atom is 0.264 e. The number of halogens is 2. The van der Waals surface area contributed by atoms with E-state index in [2.05, 4.69) is 5.32 Å². The summed E-state index contributed by atoms with van der Waals surface area (Å²) >= 11 is 12.7. The van der Waals surface area contributed by atoms with Crippen molar-refractivity contribution in [1.82, 2.24) is 10.2 Å². The molecule has 1 N–H and O–H groups in total. The number of nitrogens with zero attached hydrogens (tertiary/aromatic N) is 2. The van der Waals surface area contributed by atoms with Crippen molar-refractivity contribution in [2.24, 2.45) is 5.92 Å². The fraction of sp³-hybridized carbons (Fsp3) is 0.257. The molecule has 4 aromatic rings. The van der Waals surface area contributed by atoms with Gasteiger partial charge in [0.2, 0.25) is 11.8 Å². The summed E-state index contributed by atoms with van der Waals surface area (Å²) in [6.45, 7) is 5.65. The molecule has 0 heterocycles. The van der Waals surface area contributed by atoms with Gasteiger partial charge in [-0.3, -0.25) is 13.9 Å². The summed E-state index contributed by atoms with van der Waals surface area (Å²) in [5, 5.41) is 3.73. The zero-order valence-electron chi connectivity index (χ0n) is 25.5. The van der Waals surface area contributed by atoms with Crippen LogP contribution in [0.5, 0.6) is 0 Å². The van der Waals surface area contributed by atoms with Gasteiger partial charge in [0.05, 0.1) is 10.6 Å². The SMILES string of the molecule is Cc1ccc(S(=O)(=O)N(CC(=O)N(Cc2ccc(Cl)cc2Cl)[C@@H](Cc2ccccc2)C(=O)NCC(C)C)c2ccccc2)cc1. The third kappa shape index (κ3) is 9.10. The van der Waals surface area contributed by atoms with Crippen molar-refractivity contribution in [3.63, 3.8) is 0 Å². The van der Waals surface area contributed by atoms with Gasteiger partial charge in [-0.15, -0.1) is 0 Å². The molecule has 10 heteroatoms. The molecule has 0 aliphatic rings. The first-order chi connectivity index (χ1) is 21.5. The average Bonchev–Trinajstić information content (AvgIpc) is 3.02. The Hall–Kier alpha value is -3.85. The minimum absolute atomic E-state index is 0.0470. The van der Waals surface area contributed by atoms with Crippen molar-refractivity contribution in [1.29, 1.82) is 0 Å². The molecule has 236 valence electrons. The smallest absolute Gasteiger partial charge is 0.264 e. The van der Waals surface area contributed by atoms with Crippen LogP contribution >= 0.6 is 23.2 Å². The van der Waals surface area contributed by atoms with Crippen LogP contribution in [0.2, 0.25) is 10.0 Å². The summed E-state index contributed by atoms with van der Waals surface area (Å²) in [5.74, 6) is -0.741. The zero-order valence-corrected chi connectivity index (χ0v) is 27.8. The standard InChI is InChI=1S/C35H37Cl2N3O4S/c1-25(2)22-38-35(42)33(20-27-10-6-4-7-11-27)39(23-28-16-17-29(36)21-32(28)37)34(41)24-40(30-12-8-5-9-13-30)45(43,44)31-18-14-26(3)15-19-31/h4-19,21,25,33H,20,22-24H2,1-3H3,(H,38,42)/t33-/m0/s1. The lowest BCUT2D eigenvalue weighted by Crippen LogP contribution is -2.53. The molecule has 4 rings (SSSR count). The molecule has 0 saturated heterocycles. The lowest BCUT2D eigenvalue weighted by molar-refractivity contribution is -0.140. The van der Waals surface area contributed by atoms with Crippen LogP contribution in [0, 0.1) is 12.8 Å². The van der Waals surface area contributed by atoms with Crippen molar-refractivity contribution < 1.29 is 18.0 Å². The van der Waals surface area contributed by atoms with E-state index in [1.165, 1.54) is 17.0 Å². The topological polar surface area (TPSA) is 86.8 Å². The van der Waals surface area contributed by atoms with Gasteiger partial charge in [0.15, 0.2) is 0 Å². The van der Waals surface area contributed by atoms with Crippen LogP contribution in [0.15, 0.2) is 108 Å². The minimum atomic E-state index is -4.17. The number of para-hydroxylation sites is 1. The van der Waals surface area contributed by atoms with Crippen molar-refractivity contribution in [3.8, 4) is 0 Å². The predicted octanol–water partition coefficient (Wildman–Crippen LogP) is 6.91.